The monoisotopic (exact) mass is 221 g/mol. The van der Waals surface area contributed by atoms with Crippen molar-refractivity contribution >= 4 is 11.6 Å². The highest BCUT2D eigenvalue weighted by Crippen LogP contribution is 2.40. The average Bonchev–Trinajstić information content (AvgIpc) is 2.21. The van der Waals surface area contributed by atoms with Gasteiger partial charge in [0.25, 0.3) is 0 Å². The second kappa shape index (κ2) is 3.58. The summed E-state index contributed by atoms with van der Waals surface area (Å²) in [7, 11) is 0. The van der Waals surface area contributed by atoms with Gasteiger partial charge < -0.3 is 5.32 Å². The maximum absolute atomic E-state index is 13.4. The fourth-order valence-electron chi connectivity index (χ4n) is 2.24. The number of hydrogen-bond donors (Lipinski definition) is 1. The van der Waals surface area contributed by atoms with E-state index >= 15 is 0 Å². The summed E-state index contributed by atoms with van der Waals surface area (Å²) in [5.41, 5.74) is 2.14. The number of aryl methyl sites for hydroxylation is 1. The number of anilines is 1. The van der Waals surface area contributed by atoms with Gasteiger partial charge in [0, 0.05) is 17.5 Å². The first-order valence-corrected chi connectivity index (χ1v) is 5.57. The van der Waals surface area contributed by atoms with Crippen LogP contribution < -0.4 is 5.32 Å². The molecule has 0 aliphatic carbocycles. The van der Waals surface area contributed by atoms with Crippen molar-refractivity contribution < 1.29 is 9.18 Å². The Kier molecular flexibility index (Phi) is 2.49. The van der Waals surface area contributed by atoms with Gasteiger partial charge in [0.15, 0.2) is 0 Å². The molecule has 86 valence electrons. The number of nitrogens with one attached hydrogen (secondary N) is 1. The maximum atomic E-state index is 13.4. The lowest BCUT2D eigenvalue weighted by atomic mass is 9.74. The van der Waals surface area contributed by atoms with E-state index in [2.05, 4.69) is 19.2 Å². The predicted octanol–water partition coefficient (Wildman–Crippen LogP) is 3.14. The Morgan fingerprint density at radius 1 is 1.50 bits per heavy atom. The Morgan fingerprint density at radius 3 is 2.81 bits per heavy atom. The number of carbonyl (C=O) groups is 1. The van der Waals surface area contributed by atoms with Gasteiger partial charge in [-0.3, -0.25) is 4.79 Å². The molecule has 1 aromatic carbocycles. The molecule has 0 spiro atoms. The van der Waals surface area contributed by atoms with E-state index in [9.17, 15) is 9.18 Å². The smallest absolute Gasteiger partial charge is 0.225 e. The minimum absolute atomic E-state index is 0.0277. The second-order valence-corrected chi connectivity index (χ2v) is 4.79. The van der Waals surface area contributed by atoms with Crippen LogP contribution in [-0.2, 0) is 10.2 Å². The van der Waals surface area contributed by atoms with Gasteiger partial charge in [-0.25, -0.2) is 4.39 Å². The molecule has 0 aromatic heterocycles. The lowest BCUT2D eigenvalue weighted by molar-refractivity contribution is -0.117. The van der Waals surface area contributed by atoms with Crippen LogP contribution in [0.4, 0.5) is 10.1 Å². The van der Waals surface area contributed by atoms with Crippen molar-refractivity contribution in [1.29, 1.82) is 0 Å². The minimum Gasteiger partial charge on any atom is -0.326 e. The normalized spacial score (nSPS) is 23.9. The van der Waals surface area contributed by atoms with Crippen LogP contribution in [0.25, 0.3) is 0 Å². The summed E-state index contributed by atoms with van der Waals surface area (Å²) in [6, 6.07) is 3.28. The number of fused-ring (bicyclic) bond motifs is 1. The Bertz CT molecular complexity index is 455. The van der Waals surface area contributed by atoms with Gasteiger partial charge in [-0.2, -0.15) is 0 Å². The molecule has 1 atom stereocenters. The minimum atomic E-state index is -0.264. The standard InChI is InChI=1S/C13H16FNO/c1-4-13(3)7-12(16)15-11-6-10(14)8(2)5-9(11)13/h5-6H,4,7H2,1-3H3,(H,15,16). The molecule has 1 aromatic rings. The van der Waals surface area contributed by atoms with Crippen LogP contribution in [0.3, 0.4) is 0 Å². The van der Waals surface area contributed by atoms with E-state index in [1.165, 1.54) is 6.07 Å². The van der Waals surface area contributed by atoms with Gasteiger partial charge in [-0.05, 0) is 30.5 Å². The third kappa shape index (κ3) is 1.60. The molecule has 2 rings (SSSR count). The molecule has 1 N–H and O–H groups in total. The van der Waals surface area contributed by atoms with Gasteiger partial charge in [0.05, 0.1) is 0 Å². The van der Waals surface area contributed by atoms with Crippen LogP contribution in [-0.4, -0.2) is 5.91 Å². The highest BCUT2D eigenvalue weighted by molar-refractivity contribution is 5.95. The largest absolute Gasteiger partial charge is 0.326 e. The molecule has 0 bridgehead atoms. The zero-order chi connectivity index (χ0) is 11.9. The number of halogens is 1. The molecule has 0 saturated heterocycles. The van der Waals surface area contributed by atoms with E-state index in [4.69, 9.17) is 0 Å². The first-order valence-electron chi connectivity index (χ1n) is 5.57. The molecule has 2 nitrogen and oxygen atoms in total. The van der Waals surface area contributed by atoms with Crippen LogP contribution in [0.2, 0.25) is 0 Å². The van der Waals surface area contributed by atoms with Crippen molar-refractivity contribution in [1.82, 2.24) is 0 Å². The molecule has 1 aliphatic rings. The predicted molar refractivity (Wildman–Crippen MR) is 62.0 cm³/mol. The summed E-state index contributed by atoms with van der Waals surface area (Å²) in [6.45, 7) is 5.87. The lowest BCUT2D eigenvalue weighted by Crippen LogP contribution is -2.34. The second-order valence-electron chi connectivity index (χ2n) is 4.79. The third-order valence-corrected chi connectivity index (χ3v) is 3.55. The summed E-state index contributed by atoms with van der Waals surface area (Å²) in [6.07, 6.45) is 1.35. The maximum Gasteiger partial charge on any atom is 0.225 e. The molecule has 1 aliphatic heterocycles. The fourth-order valence-corrected chi connectivity index (χ4v) is 2.24. The Labute approximate surface area is 94.9 Å². The fraction of sp³-hybridized carbons (Fsp3) is 0.462. The Balaban J connectivity index is 2.62. The van der Waals surface area contributed by atoms with Crippen LogP contribution in [0.15, 0.2) is 12.1 Å². The number of hydrogen-bond acceptors (Lipinski definition) is 1. The summed E-state index contributed by atoms with van der Waals surface area (Å²) in [4.78, 5) is 11.6. The van der Waals surface area contributed by atoms with Crippen molar-refractivity contribution in [3.8, 4) is 0 Å². The van der Waals surface area contributed by atoms with Crippen molar-refractivity contribution in [3.63, 3.8) is 0 Å². The summed E-state index contributed by atoms with van der Waals surface area (Å²) in [5.74, 6) is -0.292. The number of rotatable bonds is 1. The van der Waals surface area contributed by atoms with Crippen molar-refractivity contribution in [2.24, 2.45) is 0 Å². The molecular formula is C13H16FNO. The quantitative estimate of drug-likeness (QED) is 0.775. The molecule has 1 heterocycles. The van der Waals surface area contributed by atoms with E-state index in [1.807, 2.05) is 6.07 Å². The summed E-state index contributed by atoms with van der Waals surface area (Å²) >= 11 is 0. The first kappa shape index (κ1) is 11.1. The van der Waals surface area contributed by atoms with Gasteiger partial charge in [0.1, 0.15) is 5.82 Å². The van der Waals surface area contributed by atoms with Gasteiger partial charge in [0.2, 0.25) is 5.91 Å². The zero-order valence-electron chi connectivity index (χ0n) is 9.86. The van der Waals surface area contributed by atoms with E-state index in [0.29, 0.717) is 17.7 Å². The van der Waals surface area contributed by atoms with Crippen molar-refractivity contribution in [3.05, 3.63) is 29.1 Å². The van der Waals surface area contributed by atoms with Crippen LogP contribution in [0.1, 0.15) is 37.8 Å². The lowest BCUT2D eigenvalue weighted by Gasteiger charge is -2.35. The van der Waals surface area contributed by atoms with Gasteiger partial charge >= 0.3 is 0 Å². The van der Waals surface area contributed by atoms with Gasteiger partial charge in [-0.1, -0.05) is 19.9 Å². The van der Waals surface area contributed by atoms with Crippen LogP contribution >= 0.6 is 0 Å². The topological polar surface area (TPSA) is 29.1 Å². The van der Waals surface area contributed by atoms with E-state index in [-0.39, 0.29) is 17.1 Å². The zero-order valence-corrected chi connectivity index (χ0v) is 9.86. The SMILES string of the molecule is CCC1(C)CC(=O)Nc2cc(F)c(C)cc21. The number of amides is 1. The Morgan fingerprint density at radius 2 is 2.19 bits per heavy atom. The van der Waals surface area contributed by atoms with Crippen molar-refractivity contribution in [2.45, 2.75) is 39.0 Å². The third-order valence-electron chi connectivity index (χ3n) is 3.55. The van der Waals surface area contributed by atoms with Gasteiger partial charge in [-0.15, -0.1) is 0 Å². The number of benzene rings is 1. The van der Waals surface area contributed by atoms with E-state index in [0.717, 1.165) is 12.0 Å². The molecular weight excluding hydrogens is 205 g/mol. The number of carbonyl (C=O) groups excluding carboxylic acids is 1. The Hall–Kier alpha value is -1.38. The molecule has 16 heavy (non-hydrogen) atoms. The van der Waals surface area contributed by atoms with E-state index in [1.54, 1.807) is 6.92 Å². The highest BCUT2D eigenvalue weighted by Gasteiger charge is 2.34. The molecule has 1 unspecified atom stereocenters. The van der Waals surface area contributed by atoms with Crippen molar-refractivity contribution in [2.75, 3.05) is 5.32 Å². The van der Waals surface area contributed by atoms with Crippen LogP contribution in [0.5, 0.6) is 0 Å². The summed E-state index contributed by atoms with van der Waals surface area (Å²) < 4.78 is 13.4. The van der Waals surface area contributed by atoms with E-state index < -0.39 is 0 Å². The van der Waals surface area contributed by atoms with Crippen LogP contribution in [0, 0.1) is 12.7 Å². The highest BCUT2D eigenvalue weighted by atomic mass is 19.1. The first-order chi connectivity index (χ1) is 7.46. The molecule has 0 radical (unpaired) electrons. The molecule has 0 saturated carbocycles. The molecule has 1 amide bonds. The molecule has 3 heteroatoms. The molecule has 0 fully saturated rings. The summed E-state index contributed by atoms with van der Waals surface area (Å²) in [5, 5.41) is 2.74. The average molecular weight is 221 g/mol.